The zero-order valence-corrected chi connectivity index (χ0v) is 13.7. The largest absolute Gasteiger partial charge is 0.369 e. The number of nitrogens with two attached hydrogens (primary N) is 1. The predicted molar refractivity (Wildman–Crippen MR) is 94.4 cm³/mol. The Labute approximate surface area is 149 Å². The van der Waals surface area contributed by atoms with E-state index in [-0.39, 0.29) is 60.1 Å². The average Bonchev–Trinajstić information content (AvgIpc) is 2.51. The van der Waals surface area contributed by atoms with Gasteiger partial charge in [0.15, 0.2) is 0 Å². The first-order valence-corrected chi connectivity index (χ1v) is 6.52. The Morgan fingerprint density at radius 2 is 1.95 bits per heavy atom. The number of pyridine rings is 1. The van der Waals surface area contributed by atoms with Crippen LogP contribution in [-0.4, -0.2) is 15.0 Å². The van der Waals surface area contributed by atoms with E-state index < -0.39 is 5.56 Å². The Bertz CT molecular complexity index is 1020. The number of nitrogens with one attached hydrogen (secondary N) is 1. The van der Waals surface area contributed by atoms with Crippen molar-refractivity contribution in [3.05, 3.63) is 52.5 Å². The van der Waals surface area contributed by atoms with Crippen molar-refractivity contribution in [1.82, 2.24) is 15.0 Å². The zero-order valence-electron chi connectivity index (χ0n) is 15.3. The number of benzene rings is 1. The van der Waals surface area contributed by atoms with Gasteiger partial charge in [-0.25, -0.2) is 4.98 Å². The fourth-order valence-electron chi connectivity index (χ4n) is 1.83. The number of H-pyrrole nitrogens is 1. The molecular weight excluding hydrogens is 343 g/mol. The Morgan fingerprint density at radius 1 is 1.27 bits per heavy atom. The highest BCUT2D eigenvalue weighted by atomic mass is 35.5. The number of rotatable bonds is 2. The number of anilines is 1. The summed E-state index contributed by atoms with van der Waals surface area (Å²) in [7, 11) is 0. The van der Waals surface area contributed by atoms with Gasteiger partial charge in [-0.1, -0.05) is 17.8 Å². The molecule has 22 heavy (non-hydrogen) atoms. The van der Waals surface area contributed by atoms with Crippen LogP contribution in [0.25, 0.3) is 10.9 Å². The first-order valence-electron chi connectivity index (χ1n) is 7.71. The molecule has 0 bridgehead atoms. The van der Waals surface area contributed by atoms with Crippen LogP contribution >= 0.6 is 36.6 Å². The lowest BCUT2D eigenvalue weighted by Gasteiger charge is -2.09. The number of halogens is 2. The van der Waals surface area contributed by atoms with Crippen LogP contribution in [0, 0.1) is 6.92 Å². The maximum absolute atomic E-state index is 12.3. The van der Waals surface area contributed by atoms with Crippen molar-refractivity contribution >= 4 is 53.4 Å². The summed E-state index contributed by atoms with van der Waals surface area (Å²) in [5.74, 6) is 0.000430. The lowest BCUT2D eigenvalue weighted by Crippen LogP contribution is -2.12. The molecule has 1 aromatic carbocycles. The van der Waals surface area contributed by atoms with Crippen molar-refractivity contribution in [2.45, 2.75) is 16.7 Å². The Kier molecular flexibility index (Phi) is 4.34. The lowest BCUT2D eigenvalue weighted by molar-refractivity contribution is 1.16. The maximum Gasteiger partial charge on any atom is 0.261 e. The third-order valence-electron chi connectivity index (χ3n) is 2.70. The molecule has 3 aromatic rings. The maximum atomic E-state index is 12.3. The van der Waals surface area contributed by atoms with Gasteiger partial charge >= 0.3 is 0 Å². The smallest absolute Gasteiger partial charge is 0.261 e. The molecule has 3 N–H and O–H groups in total. The number of aromatic amines is 1. The number of nitrogen functional groups attached to an aromatic ring is 1. The van der Waals surface area contributed by atoms with Gasteiger partial charge in [0.05, 0.1) is 16.4 Å². The molecule has 0 radical (unpaired) electrons. The van der Waals surface area contributed by atoms with Gasteiger partial charge in [-0.15, -0.1) is 24.8 Å². The van der Waals surface area contributed by atoms with E-state index in [4.69, 9.17) is 11.2 Å². The first-order chi connectivity index (χ1) is 11.3. The van der Waals surface area contributed by atoms with Crippen molar-refractivity contribution in [2.24, 2.45) is 0 Å². The molecule has 0 aliphatic carbocycles. The highest BCUT2D eigenvalue weighted by Crippen LogP contribution is 2.33. The average molecular weight is 361 g/mol. The van der Waals surface area contributed by atoms with Gasteiger partial charge in [0.25, 0.3) is 5.56 Å². The highest BCUT2D eigenvalue weighted by molar-refractivity contribution is 7.99. The summed E-state index contributed by atoms with van der Waals surface area (Å²) < 4.78 is 31.2. The highest BCUT2D eigenvalue weighted by Gasteiger charge is 2.11. The Morgan fingerprint density at radius 3 is 2.64 bits per heavy atom. The molecule has 116 valence electrons. The molecule has 0 atom stereocenters. The van der Waals surface area contributed by atoms with Crippen LogP contribution in [0.3, 0.4) is 0 Å². The topological polar surface area (TPSA) is 84.7 Å². The lowest BCUT2D eigenvalue weighted by atomic mass is 10.1. The number of fused-ring (bicyclic) bond motifs is 1. The van der Waals surface area contributed by atoms with E-state index in [1.807, 2.05) is 0 Å². The third-order valence-corrected chi connectivity index (χ3v) is 3.84. The molecular formula is C14H14Cl2N4OS. The van der Waals surface area contributed by atoms with Crippen LogP contribution in [0.4, 0.5) is 5.95 Å². The number of hydrogen-bond donors (Lipinski definition) is 2. The van der Waals surface area contributed by atoms with E-state index in [0.29, 0.717) is 15.8 Å². The second-order valence-corrected chi connectivity index (χ2v) is 5.09. The summed E-state index contributed by atoms with van der Waals surface area (Å²) in [6.45, 7) is 1.79. The Hall–Kier alpha value is -1.76. The monoisotopic (exact) mass is 360 g/mol. The molecule has 0 saturated heterocycles. The van der Waals surface area contributed by atoms with Gasteiger partial charge in [-0.05, 0) is 30.6 Å². The number of nitrogens with zero attached hydrogens (tertiary/aromatic N) is 2. The molecule has 0 saturated carbocycles. The molecule has 0 aliphatic rings. The van der Waals surface area contributed by atoms with E-state index in [0.717, 1.165) is 17.3 Å². The number of aromatic nitrogens is 3. The fraction of sp³-hybridized carbons (Fsp3) is 0.0714. The SMILES string of the molecule is Cl.Cl.[2H]c1nc([2H])c([2H])c(Sc2c(C)ccc3nc(N)[nH]c(=O)c23)c1[2H]. The summed E-state index contributed by atoms with van der Waals surface area (Å²) >= 11 is 0.989. The van der Waals surface area contributed by atoms with E-state index in [2.05, 4.69) is 15.0 Å². The molecule has 5 nitrogen and oxygen atoms in total. The van der Waals surface area contributed by atoms with Gasteiger partial charge in [0.2, 0.25) is 5.95 Å². The normalized spacial score (nSPS) is 12.4. The minimum Gasteiger partial charge on any atom is -0.369 e. The van der Waals surface area contributed by atoms with Crippen LogP contribution < -0.4 is 11.3 Å². The summed E-state index contributed by atoms with van der Waals surface area (Å²) in [5.41, 5.74) is 6.28. The summed E-state index contributed by atoms with van der Waals surface area (Å²) in [6.07, 6.45) is -0.764. The first kappa shape index (κ1) is 12.8. The van der Waals surface area contributed by atoms with E-state index in [1.54, 1.807) is 19.1 Å². The Balaban J connectivity index is 0.00000169. The molecule has 0 amide bonds. The summed E-state index contributed by atoms with van der Waals surface area (Å²) in [4.78, 5) is 23.0. The van der Waals surface area contributed by atoms with E-state index in [1.165, 1.54) is 0 Å². The molecule has 0 aliphatic heterocycles. The third kappa shape index (κ3) is 3.52. The molecule has 2 heterocycles. The zero-order chi connectivity index (χ0) is 17.6. The molecule has 0 spiro atoms. The summed E-state index contributed by atoms with van der Waals surface area (Å²) in [5, 5.41) is 0.294. The molecule has 0 unspecified atom stereocenters. The van der Waals surface area contributed by atoms with E-state index >= 15 is 0 Å². The second-order valence-electron chi connectivity index (χ2n) is 4.07. The molecule has 2 aromatic heterocycles. The fourth-order valence-corrected chi connectivity index (χ4v) is 2.75. The van der Waals surface area contributed by atoms with Gasteiger partial charge in [0, 0.05) is 22.1 Å². The molecule has 0 fully saturated rings. The number of hydrogen-bond acceptors (Lipinski definition) is 5. The van der Waals surface area contributed by atoms with Crippen LogP contribution in [0.2, 0.25) is 0 Å². The minimum atomic E-state index is -0.423. The second kappa shape index (κ2) is 7.49. The number of aryl methyl sites for hydroxylation is 1. The van der Waals surface area contributed by atoms with Gasteiger partial charge in [-0.3, -0.25) is 14.8 Å². The van der Waals surface area contributed by atoms with Gasteiger partial charge in [-0.2, -0.15) is 0 Å². The predicted octanol–water partition coefficient (Wildman–Crippen LogP) is 3.20. The van der Waals surface area contributed by atoms with Crippen LogP contribution in [0.5, 0.6) is 0 Å². The molecule has 3 rings (SSSR count). The van der Waals surface area contributed by atoms with Crippen molar-refractivity contribution in [2.75, 3.05) is 5.73 Å². The van der Waals surface area contributed by atoms with Crippen molar-refractivity contribution in [3.8, 4) is 0 Å². The molecule has 8 heteroatoms. The van der Waals surface area contributed by atoms with Gasteiger partial charge in [0.1, 0.15) is 0 Å². The van der Waals surface area contributed by atoms with Crippen LogP contribution in [0.15, 0.2) is 51.1 Å². The minimum absolute atomic E-state index is 0. The van der Waals surface area contributed by atoms with Crippen LogP contribution in [-0.2, 0) is 0 Å². The summed E-state index contributed by atoms with van der Waals surface area (Å²) in [6, 6.07) is 2.92. The standard InChI is InChI=1S/C14H12N4OS.2ClH/c1-8-2-3-10-11(13(19)18-14(15)17-10)12(8)20-9-4-6-16-7-5-9;;/h2-7H,1H3,(H3,15,17,18,19);2*1H/i4D,5D,6D,7D;;. The van der Waals surface area contributed by atoms with E-state index in [9.17, 15) is 4.79 Å². The van der Waals surface area contributed by atoms with Crippen molar-refractivity contribution in [3.63, 3.8) is 0 Å². The van der Waals surface area contributed by atoms with Crippen LogP contribution in [0.1, 0.15) is 11.0 Å². The van der Waals surface area contributed by atoms with Crippen molar-refractivity contribution in [1.29, 1.82) is 0 Å². The van der Waals surface area contributed by atoms with Gasteiger partial charge < -0.3 is 5.73 Å². The quantitative estimate of drug-likeness (QED) is 0.732. The van der Waals surface area contributed by atoms with Crippen molar-refractivity contribution < 1.29 is 5.48 Å².